The molecule has 2 aliphatic heterocycles. The van der Waals surface area contributed by atoms with Crippen molar-refractivity contribution in [3.63, 3.8) is 0 Å². The average Bonchev–Trinajstić information content (AvgIpc) is 3.78. The number of alkyl halides is 3. The van der Waals surface area contributed by atoms with Crippen molar-refractivity contribution < 1.29 is 32.2 Å². The van der Waals surface area contributed by atoms with Crippen LogP contribution in [0.25, 0.3) is 11.1 Å². The molecule has 54 heavy (non-hydrogen) atoms. The Bertz CT molecular complexity index is 2230. The normalized spacial score (nSPS) is 19.2. The highest BCUT2D eigenvalue weighted by Gasteiger charge is 2.45. The lowest BCUT2D eigenvalue weighted by Crippen LogP contribution is -2.47. The van der Waals surface area contributed by atoms with E-state index < -0.39 is 42.2 Å². The first-order valence-corrected chi connectivity index (χ1v) is 17.8. The average molecular weight is 735 g/mol. The fourth-order valence-corrected chi connectivity index (χ4v) is 8.30. The van der Waals surface area contributed by atoms with Gasteiger partial charge in [0.15, 0.2) is 5.58 Å². The number of hydrogen-bond donors (Lipinski definition) is 1. The summed E-state index contributed by atoms with van der Waals surface area (Å²) in [6.45, 7) is 1.13. The summed E-state index contributed by atoms with van der Waals surface area (Å²) in [5.41, 5.74) is 3.71. The minimum absolute atomic E-state index is 0.199. The molecule has 0 radical (unpaired) electrons. The van der Waals surface area contributed by atoms with E-state index >= 15 is 0 Å². The first-order valence-electron chi connectivity index (χ1n) is 17.8. The van der Waals surface area contributed by atoms with E-state index in [1.807, 2.05) is 91.0 Å². The topological polar surface area (TPSA) is 101 Å². The molecule has 0 aliphatic carbocycles. The Kier molecular flexibility index (Phi) is 9.01. The monoisotopic (exact) mass is 734 g/mol. The maximum Gasteiger partial charge on any atom is 0.421 e. The third kappa shape index (κ3) is 6.19. The fourth-order valence-electron chi connectivity index (χ4n) is 8.30. The van der Waals surface area contributed by atoms with E-state index in [0.717, 1.165) is 16.7 Å². The molecule has 1 fully saturated rings. The summed E-state index contributed by atoms with van der Waals surface area (Å²) in [6, 6.07) is 34.5. The van der Waals surface area contributed by atoms with Crippen molar-refractivity contribution in [2.45, 2.75) is 49.7 Å². The minimum Gasteiger partial charge on any atom is -0.487 e. The Morgan fingerprint density at radius 1 is 0.889 bits per heavy atom. The number of hydrogen-bond acceptors (Lipinski definition) is 6. The number of carboxylic acid groups (broad SMARTS) is 1. The number of pyridine rings is 1. The molecular formula is C42H37F3N4O5. The summed E-state index contributed by atoms with van der Waals surface area (Å²) in [6.07, 6.45) is -3.69. The van der Waals surface area contributed by atoms with Gasteiger partial charge in [0.2, 0.25) is 0 Å². The molecule has 12 heteroatoms. The van der Waals surface area contributed by atoms with E-state index in [-0.39, 0.29) is 19.1 Å². The van der Waals surface area contributed by atoms with Gasteiger partial charge in [0.1, 0.15) is 17.4 Å². The van der Waals surface area contributed by atoms with Crippen LogP contribution in [0.2, 0.25) is 0 Å². The number of fused-ring (bicyclic) bond motifs is 3. The van der Waals surface area contributed by atoms with Crippen LogP contribution < -0.4 is 10.5 Å². The second-order valence-electron chi connectivity index (χ2n) is 13.9. The van der Waals surface area contributed by atoms with Gasteiger partial charge in [0, 0.05) is 24.6 Å². The lowest BCUT2D eigenvalue weighted by molar-refractivity contribution is -0.155. The maximum absolute atomic E-state index is 14.5. The van der Waals surface area contributed by atoms with Crippen molar-refractivity contribution in [1.29, 1.82) is 0 Å². The predicted molar refractivity (Wildman–Crippen MR) is 196 cm³/mol. The van der Waals surface area contributed by atoms with Crippen molar-refractivity contribution in [2.24, 2.45) is 0 Å². The minimum atomic E-state index is -4.49. The summed E-state index contributed by atoms with van der Waals surface area (Å²) >= 11 is 0. The zero-order chi connectivity index (χ0) is 37.6. The smallest absolute Gasteiger partial charge is 0.421 e. The number of nitrogens with zero attached hydrogens (tertiary/aromatic N) is 4. The van der Waals surface area contributed by atoms with Gasteiger partial charge in [0.05, 0.1) is 36.5 Å². The zero-order valence-electron chi connectivity index (χ0n) is 29.3. The van der Waals surface area contributed by atoms with Crippen LogP contribution in [0.3, 0.4) is 0 Å². The van der Waals surface area contributed by atoms with Gasteiger partial charge in [0.25, 0.3) is 0 Å². The van der Waals surface area contributed by atoms with Crippen LogP contribution in [0.5, 0.6) is 5.75 Å². The van der Waals surface area contributed by atoms with Crippen LogP contribution in [0.15, 0.2) is 131 Å². The van der Waals surface area contributed by atoms with Gasteiger partial charge in [-0.2, -0.15) is 13.2 Å². The van der Waals surface area contributed by atoms with Gasteiger partial charge in [-0.15, -0.1) is 0 Å². The third-order valence-electron chi connectivity index (χ3n) is 10.6. The number of halogens is 3. The molecule has 2 aromatic heterocycles. The SMILES string of the molecule is C[C@@H]1Cc2c(ccc3c2oc(=O)n3C(c2ccccc2)(c2ccccc2)c2ccccc2)[C@@H](c2ccc(O[C@H]3CCN(C(=O)O)C3)cn2)N1CC(F)(F)F. The van der Waals surface area contributed by atoms with Crippen LogP contribution in [-0.4, -0.2) is 68.5 Å². The Balaban J connectivity index is 1.29. The quantitative estimate of drug-likeness (QED) is 0.159. The Morgan fingerprint density at radius 2 is 1.50 bits per heavy atom. The van der Waals surface area contributed by atoms with Crippen molar-refractivity contribution in [2.75, 3.05) is 19.6 Å². The lowest BCUT2D eigenvalue weighted by atomic mass is 9.76. The summed E-state index contributed by atoms with van der Waals surface area (Å²) in [4.78, 5) is 33.1. The van der Waals surface area contributed by atoms with Crippen molar-refractivity contribution in [3.05, 3.63) is 166 Å². The molecule has 2 aliphatic rings. The van der Waals surface area contributed by atoms with Crippen LogP contribution >= 0.6 is 0 Å². The van der Waals surface area contributed by atoms with Gasteiger partial charge < -0.3 is 19.2 Å². The van der Waals surface area contributed by atoms with E-state index in [9.17, 15) is 27.9 Å². The molecule has 4 heterocycles. The first-order chi connectivity index (χ1) is 26.0. The van der Waals surface area contributed by atoms with Crippen molar-refractivity contribution in [1.82, 2.24) is 19.4 Å². The zero-order valence-corrected chi connectivity index (χ0v) is 29.3. The molecule has 1 N–H and O–H groups in total. The van der Waals surface area contributed by atoms with E-state index in [0.29, 0.717) is 46.6 Å². The van der Waals surface area contributed by atoms with Gasteiger partial charge in [-0.3, -0.25) is 14.5 Å². The molecule has 6 aromatic rings. The summed E-state index contributed by atoms with van der Waals surface area (Å²) in [7, 11) is 0. The van der Waals surface area contributed by atoms with Crippen LogP contribution in [0.1, 0.15) is 52.9 Å². The van der Waals surface area contributed by atoms with Crippen LogP contribution in [0, 0.1) is 0 Å². The number of oxazole rings is 1. The predicted octanol–water partition coefficient (Wildman–Crippen LogP) is 7.86. The second kappa shape index (κ2) is 13.8. The van der Waals surface area contributed by atoms with E-state index in [4.69, 9.17) is 9.15 Å². The Hall–Kier alpha value is -5.88. The molecule has 0 unspecified atom stereocenters. The van der Waals surface area contributed by atoms with E-state index in [1.165, 1.54) is 16.0 Å². The fraction of sp³-hybridized carbons (Fsp3) is 0.262. The third-order valence-corrected chi connectivity index (χ3v) is 10.6. The van der Waals surface area contributed by atoms with Crippen LogP contribution in [-0.2, 0) is 12.0 Å². The molecular weight excluding hydrogens is 697 g/mol. The summed E-state index contributed by atoms with van der Waals surface area (Å²) in [5, 5.41) is 9.31. The number of benzene rings is 4. The number of carbonyl (C=O) groups is 1. The molecule has 1 saturated heterocycles. The summed E-state index contributed by atoms with van der Waals surface area (Å²) in [5.74, 6) is -0.218. The second-order valence-corrected chi connectivity index (χ2v) is 13.9. The van der Waals surface area contributed by atoms with E-state index in [1.54, 1.807) is 35.8 Å². The molecule has 3 atom stereocenters. The molecule has 0 spiro atoms. The molecule has 4 aromatic carbocycles. The van der Waals surface area contributed by atoms with Gasteiger partial charge >= 0.3 is 18.0 Å². The number of amides is 1. The molecule has 0 bridgehead atoms. The largest absolute Gasteiger partial charge is 0.487 e. The highest BCUT2D eigenvalue weighted by molar-refractivity contribution is 5.81. The highest BCUT2D eigenvalue weighted by atomic mass is 19.4. The lowest BCUT2D eigenvalue weighted by Gasteiger charge is -2.42. The Labute approximate surface area is 308 Å². The number of rotatable bonds is 8. The van der Waals surface area contributed by atoms with Gasteiger partial charge in [-0.05, 0) is 53.8 Å². The number of aromatic nitrogens is 2. The molecule has 9 nitrogen and oxygen atoms in total. The van der Waals surface area contributed by atoms with Crippen molar-refractivity contribution in [3.8, 4) is 5.75 Å². The molecule has 0 saturated carbocycles. The van der Waals surface area contributed by atoms with Crippen molar-refractivity contribution >= 4 is 17.2 Å². The Morgan fingerprint density at radius 3 is 2.02 bits per heavy atom. The maximum atomic E-state index is 14.5. The molecule has 1 amide bonds. The number of ether oxygens (including phenoxy) is 1. The molecule has 8 rings (SSSR count). The first kappa shape index (κ1) is 35.2. The van der Waals surface area contributed by atoms with Crippen LogP contribution in [0.4, 0.5) is 18.0 Å². The number of likely N-dealkylation sites (tertiary alicyclic amines) is 1. The molecule has 276 valence electrons. The van der Waals surface area contributed by atoms with Gasteiger partial charge in [-0.25, -0.2) is 9.59 Å². The van der Waals surface area contributed by atoms with Gasteiger partial charge in [-0.1, -0.05) is 97.1 Å². The standard InChI is InChI=1S/C42H37F3N4O5/c1-27-23-34-33(37(48(27)26-41(43,44)45)35-19-17-31(24-46-35)53-32-21-22-47(25-32)39(50)51)18-20-36-38(34)54-40(52)49(36)42(28-11-5-2-6-12-28,29-13-7-3-8-14-29)30-15-9-4-10-16-30/h2-20,24,27,32,37H,21-23,25-26H2,1H3,(H,50,51)/t27-,32+,37+/m1/s1. The van der Waals surface area contributed by atoms with E-state index in [2.05, 4.69) is 4.98 Å². The summed E-state index contributed by atoms with van der Waals surface area (Å²) < 4.78 is 56.5. The highest BCUT2D eigenvalue weighted by Crippen LogP contribution is 2.45.